The van der Waals surface area contributed by atoms with Crippen LogP contribution in [0.5, 0.6) is 11.5 Å². The number of nitrogens with one attached hydrogen (secondary N) is 1. The first kappa shape index (κ1) is 26.2. The van der Waals surface area contributed by atoms with Gasteiger partial charge in [-0.05, 0) is 54.8 Å². The Bertz CT molecular complexity index is 1730. The minimum atomic E-state index is -1.16. The number of carbonyl (C=O) groups excluding carboxylic acids is 2. The molecule has 208 valence electrons. The Morgan fingerprint density at radius 3 is 2.49 bits per heavy atom. The fourth-order valence-electron chi connectivity index (χ4n) is 5.52. The van der Waals surface area contributed by atoms with E-state index in [0.29, 0.717) is 22.3 Å². The van der Waals surface area contributed by atoms with E-state index in [4.69, 9.17) is 0 Å². The van der Waals surface area contributed by atoms with E-state index in [1.807, 2.05) is 54.6 Å². The molecule has 0 spiro atoms. The number of hydrogen-bond acceptors (Lipinski definition) is 7. The molecule has 1 saturated carbocycles. The summed E-state index contributed by atoms with van der Waals surface area (Å²) in [6.07, 6.45) is 6.45. The Balaban J connectivity index is 1.46. The van der Waals surface area contributed by atoms with Crippen molar-refractivity contribution in [3.63, 3.8) is 0 Å². The molecule has 41 heavy (non-hydrogen) atoms. The second-order valence-electron chi connectivity index (χ2n) is 10.4. The highest BCUT2D eigenvalue weighted by Gasteiger charge is 2.35. The molecule has 6 rings (SSSR count). The van der Waals surface area contributed by atoms with Gasteiger partial charge in [0.25, 0.3) is 0 Å². The van der Waals surface area contributed by atoms with Crippen LogP contribution in [0.15, 0.2) is 79.0 Å². The van der Waals surface area contributed by atoms with Crippen molar-refractivity contribution in [3.05, 3.63) is 84.6 Å². The van der Waals surface area contributed by atoms with Crippen molar-refractivity contribution in [2.45, 2.75) is 50.7 Å². The molecular weight excluding hydrogens is 520 g/mol. The average molecular weight is 551 g/mol. The van der Waals surface area contributed by atoms with Gasteiger partial charge >= 0.3 is 0 Å². The van der Waals surface area contributed by atoms with Gasteiger partial charge in [0, 0.05) is 11.4 Å². The van der Waals surface area contributed by atoms with Crippen molar-refractivity contribution in [3.8, 4) is 11.5 Å². The van der Waals surface area contributed by atoms with Gasteiger partial charge in [0.1, 0.15) is 18.1 Å². The Morgan fingerprint density at radius 2 is 1.68 bits per heavy atom. The molecule has 5 aromatic rings. The lowest BCUT2D eigenvalue weighted by molar-refractivity contribution is -0.127. The zero-order chi connectivity index (χ0) is 28.3. The highest BCUT2D eigenvalue weighted by atomic mass is 16.3. The minimum Gasteiger partial charge on any atom is -0.504 e. The summed E-state index contributed by atoms with van der Waals surface area (Å²) in [5.41, 5.74) is 2.83. The monoisotopic (exact) mass is 550 g/mol. The number of phenols is 2. The van der Waals surface area contributed by atoms with Gasteiger partial charge in [0.15, 0.2) is 11.5 Å². The maximum Gasteiger partial charge on any atom is 0.249 e. The molecular formula is C31H30N6O4. The number of para-hydroxylation sites is 2. The van der Waals surface area contributed by atoms with Gasteiger partial charge in [-0.2, -0.15) is 0 Å². The molecule has 0 saturated heterocycles. The van der Waals surface area contributed by atoms with Gasteiger partial charge in [-0.15, -0.1) is 5.10 Å². The lowest BCUT2D eigenvalue weighted by Crippen LogP contribution is -2.48. The van der Waals surface area contributed by atoms with Gasteiger partial charge in [-0.25, -0.2) is 4.68 Å². The third kappa shape index (κ3) is 5.41. The molecule has 0 aliphatic heterocycles. The van der Waals surface area contributed by atoms with E-state index in [1.54, 1.807) is 12.3 Å². The summed E-state index contributed by atoms with van der Waals surface area (Å²) < 4.78 is 1.50. The standard InChI is InChI=1S/C31H30N6O4/c38-27-15-14-21(17-28(27)39)30(31(41)33-22-9-2-1-3-10-22)37(23-16-20-8-4-5-11-24(20)32-18-23)29(40)19-36-26-13-7-6-12-25(26)34-35-36/h4-8,11-18,22,30,38-39H,1-3,9-10,19H2,(H,33,41)/t30-/m0/s1. The van der Waals surface area contributed by atoms with Gasteiger partial charge in [-0.1, -0.05) is 60.9 Å². The number of phenolic OH excluding ortho intramolecular Hbond substituents is 2. The Morgan fingerprint density at radius 1 is 0.927 bits per heavy atom. The normalized spacial score (nSPS) is 14.6. The highest BCUT2D eigenvalue weighted by molar-refractivity contribution is 6.02. The third-order valence-corrected chi connectivity index (χ3v) is 7.60. The largest absolute Gasteiger partial charge is 0.504 e. The molecule has 0 radical (unpaired) electrons. The molecule has 10 nitrogen and oxygen atoms in total. The summed E-state index contributed by atoms with van der Waals surface area (Å²) in [4.78, 5) is 34.3. The highest BCUT2D eigenvalue weighted by Crippen LogP contribution is 2.35. The number of anilines is 1. The van der Waals surface area contributed by atoms with Gasteiger partial charge in [0.05, 0.1) is 22.9 Å². The average Bonchev–Trinajstić information content (AvgIpc) is 3.40. The van der Waals surface area contributed by atoms with Crippen LogP contribution in [0, 0.1) is 0 Å². The Hall–Kier alpha value is -4.99. The molecule has 2 aromatic heterocycles. The van der Waals surface area contributed by atoms with E-state index in [9.17, 15) is 19.8 Å². The minimum absolute atomic E-state index is 0.0181. The number of amides is 2. The first-order valence-electron chi connectivity index (χ1n) is 13.8. The topological polar surface area (TPSA) is 133 Å². The fraction of sp³-hybridized carbons (Fsp3) is 0.258. The molecule has 1 aliphatic carbocycles. The van der Waals surface area contributed by atoms with Crippen LogP contribution < -0.4 is 10.2 Å². The van der Waals surface area contributed by atoms with Gasteiger partial charge < -0.3 is 15.5 Å². The van der Waals surface area contributed by atoms with E-state index < -0.39 is 11.9 Å². The number of carbonyl (C=O) groups is 2. The summed E-state index contributed by atoms with van der Waals surface area (Å²) in [6, 6.07) is 19.7. The smallest absolute Gasteiger partial charge is 0.249 e. The number of aromatic hydroxyl groups is 2. The molecule has 0 unspecified atom stereocenters. The predicted molar refractivity (Wildman–Crippen MR) is 154 cm³/mol. The van der Waals surface area contributed by atoms with Gasteiger partial charge in [-0.3, -0.25) is 19.5 Å². The maximum absolute atomic E-state index is 14.3. The number of fused-ring (bicyclic) bond motifs is 2. The van der Waals surface area contributed by atoms with Crippen LogP contribution >= 0.6 is 0 Å². The second kappa shape index (κ2) is 11.2. The molecule has 3 N–H and O–H groups in total. The number of aromatic nitrogens is 4. The van der Waals surface area contributed by atoms with Crippen LogP contribution in [-0.2, 0) is 16.1 Å². The number of rotatable bonds is 7. The summed E-state index contributed by atoms with van der Waals surface area (Å²) in [5.74, 6) is -1.51. The second-order valence-corrected chi connectivity index (χ2v) is 10.4. The van der Waals surface area contributed by atoms with E-state index in [2.05, 4.69) is 20.6 Å². The van der Waals surface area contributed by atoms with Crippen molar-refractivity contribution in [2.24, 2.45) is 0 Å². The summed E-state index contributed by atoms with van der Waals surface area (Å²) >= 11 is 0. The number of pyridine rings is 1. The van der Waals surface area contributed by atoms with Crippen LogP contribution in [0.4, 0.5) is 5.69 Å². The quantitative estimate of drug-likeness (QED) is 0.252. The van der Waals surface area contributed by atoms with Crippen molar-refractivity contribution in [1.82, 2.24) is 25.3 Å². The van der Waals surface area contributed by atoms with E-state index in [0.717, 1.165) is 43.0 Å². The zero-order valence-electron chi connectivity index (χ0n) is 22.3. The molecule has 3 aromatic carbocycles. The zero-order valence-corrected chi connectivity index (χ0v) is 22.3. The molecule has 2 heterocycles. The Labute approximate surface area is 236 Å². The molecule has 2 amide bonds. The van der Waals surface area contributed by atoms with Crippen LogP contribution in [-0.4, -0.2) is 48.0 Å². The number of benzene rings is 3. The van der Waals surface area contributed by atoms with Crippen LogP contribution in [0.2, 0.25) is 0 Å². The lowest BCUT2D eigenvalue weighted by atomic mass is 9.94. The predicted octanol–water partition coefficient (Wildman–Crippen LogP) is 4.61. The summed E-state index contributed by atoms with van der Waals surface area (Å²) in [7, 11) is 0. The molecule has 1 atom stereocenters. The van der Waals surface area contributed by atoms with Crippen LogP contribution in [0.25, 0.3) is 21.9 Å². The summed E-state index contributed by atoms with van der Waals surface area (Å²) in [5, 5.41) is 32.7. The van der Waals surface area contributed by atoms with Crippen LogP contribution in [0.3, 0.4) is 0 Å². The molecule has 1 fully saturated rings. The van der Waals surface area contributed by atoms with Crippen molar-refractivity contribution in [2.75, 3.05) is 4.90 Å². The van der Waals surface area contributed by atoms with Crippen molar-refractivity contribution in [1.29, 1.82) is 0 Å². The Kier molecular flexibility index (Phi) is 7.20. The molecule has 10 heteroatoms. The van der Waals surface area contributed by atoms with E-state index in [-0.39, 0.29) is 30.0 Å². The SMILES string of the molecule is O=C(NC1CCCCC1)[C@H](c1ccc(O)c(O)c1)N(C(=O)Cn1nnc2ccccc21)c1cnc2ccccc2c1. The van der Waals surface area contributed by atoms with Crippen molar-refractivity contribution < 1.29 is 19.8 Å². The molecule has 0 bridgehead atoms. The summed E-state index contributed by atoms with van der Waals surface area (Å²) in [6.45, 7) is -0.190. The number of nitrogens with zero attached hydrogens (tertiary/aromatic N) is 5. The fourth-order valence-corrected chi connectivity index (χ4v) is 5.52. The molecule has 1 aliphatic rings. The van der Waals surface area contributed by atoms with E-state index in [1.165, 1.54) is 21.7 Å². The first-order valence-corrected chi connectivity index (χ1v) is 13.8. The van der Waals surface area contributed by atoms with Crippen LogP contribution in [0.1, 0.15) is 43.7 Å². The third-order valence-electron chi connectivity index (χ3n) is 7.60. The van der Waals surface area contributed by atoms with E-state index >= 15 is 0 Å². The first-order chi connectivity index (χ1) is 20.0. The van der Waals surface area contributed by atoms with Gasteiger partial charge in [0.2, 0.25) is 11.8 Å². The number of hydrogen-bond donors (Lipinski definition) is 3. The lowest BCUT2D eigenvalue weighted by Gasteiger charge is -2.33. The maximum atomic E-state index is 14.3. The van der Waals surface area contributed by atoms with Crippen molar-refractivity contribution >= 4 is 39.4 Å².